The summed E-state index contributed by atoms with van der Waals surface area (Å²) in [6.07, 6.45) is 0.990. The second-order valence-corrected chi connectivity index (χ2v) is 6.08. The van der Waals surface area contributed by atoms with Gasteiger partial charge in [-0.3, -0.25) is 10.1 Å². The van der Waals surface area contributed by atoms with E-state index in [1.807, 2.05) is 0 Å². The Hall–Kier alpha value is -1.14. The van der Waals surface area contributed by atoms with Gasteiger partial charge in [0.25, 0.3) is 0 Å². The van der Waals surface area contributed by atoms with Crippen molar-refractivity contribution >= 4 is 21.6 Å². The first-order valence-corrected chi connectivity index (χ1v) is 7.41. The zero-order chi connectivity index (χ0) is 15.3. The number of nitro groups is 1. The Labute approximate surface area is 127 Å². The molecule has 0 aliphatic carbocycles. The highest BCUT2D eigenvalue weighted by Crippen LogP contribution is 2.37. The lowest BCUT2D eigenvalue weighted by Gasteiger charge is -2.14. The normalized spacial score (nSPS) is 12.5. The average Bonchev–Trinajstić information content (AvgIpc) is 2.34. The highest BCUT2D eigenvalue weighted by atomic mass is 79.9. The standard InChI is InChI=1S/C14H20BrNO4/c1-9(2)5-4-6-20-14-12(10(3)17)7-11(15)8-13(14)16(18)19/h7-10,17H,4-6H2,1-3H3/t10-/m0/s1. The van der Waals surface area contributed by atoms with Gasteiger partial charge in [-0.2, -0.15) is 0 Å². The number of hydrogen-bond donors (Lipinski definition) is 1. The highest BCUT2D eigenvalue weighted by molar-refractivity contribution is 9.10. The summed E-state index contributed by atoms with van der Waals surface area (Å²) in [5.41, 5.74) is 0.301. The van der Waals surface area contributed by atoms with Crippen molar-refractivity contribution in [2.24, 2.45) is 5.92 Å². The zero-order valence-corrected chi connectivity index (χ0v) is 13.5. The van der Waals surface area contributed by atoms with Crippen molar-refractivity contribution in [3.05, 3.63) is 32.3 Å². The fraction of sp³-hybridized carbons (Fsp3) is 0.571. The Morgan fingerprint density at radius 2 is 2.05 bits per heavy atom. The smallest absolute Gasteiger partial charge is 0.312 e. The minimum Gasteiger partial charge on any atom is -0.487 e. The summed E-state index contributed by atoms with van der Waals surface area (Å²) < 4.78 is 6.12. The second-order valence-electron chi connectivity index (χ2n) is 5.16. The predicted molar refractivity (Wildman–Crippen MR) is 81.0 cm³/mol. The molecular formula is C14H20BrNO4. The maximum atomic E-state index is 11.1. The van der Waals surface area contributed by atoms with Crippen molar-refractivity contribution in [3.63, 3.8) is 0 Å². The Bertz CT molecular complexity index is 474. The monoisotopic (exact) mass is 345 g/mol. The van der Waals surface area contributed by atoms with Crippen LogP contribution in [0.4, 0.5) is 5.69 Å². The van der Waals surface area contributed by atoms with E-state index in [9.17, 15) is 15.2 Å². The molecule has 0 amide bonds. The van der Waals surface area contributed by atoms with Crippen LogP contribution >= 0.6 is 15.9 Å². The van der Waals surface area contributed by atoms with Crippen LogP contribution in [-0.2, 0) is 0 Å². The maximum Gasteiger partial charge on any atom is 0.312 e. The molecule has 0 unspecified atom stereocenters. The topological polar surface area (TPSA) is 72.6 Å². The molecule has 1 atom stereocenters. The van der Waals surface area contributed by atoms with Crippen molar-refractivity contribution < 1.29 is 14.8 Å². The first-order valence-electron chi connectivity index (χ1n) is 6.61. The summed E-state index contributed by atoms with van der Waals surface area (Å²) in [6, 6.07) is 3.04. The molecule has 0 saturated carbocycles. The van der Waals surface area contributed by atoms with Gasteiger partial charge < -0.3 is 9.84 Å². The molecule has 20 heavy (non-hydrogen) atoms. The van der Waals surface area contributed by atoms with Gasteiger partial charge in [0.2, 0.25) is 5.75 Å². The van der Waals surface area contributed by atoms with E-state index in [0.717, 1.165) is 12.8 Å². The summed E-state index contributed by atoms with van der Waals surface area (Å²) in [6.45, 7) is 6.19. The van der Waals surface area contributed by atoms with Crippen LogP contribution in [0.25, 0.3) is 0 Å². The van der Waals surface area contributed by atoms with E-state index in [1.54, 1.807) is 13.0 Å². The van der Waals surface area contributed by atoms with Crippen molar-refractivity contribution in [3.8, 4) is 5.75 Å². The second kappa shape index (κ2) is 7.59. The van der Waals surface area contributed by atoms with Gasteiger partial charge in [-0.25, -0.2) is 0 Å². The highest BCUT2D eigenvalue weighted by Gasteiger charge is 2.23. The van der Waals surface area contributed by atoms with Gasteiger partial charge in [0.05, 0.1) is 17.6 Å². The molecule has 0 heterocycles. The molecular weight excluding hydrogens is 326 g/mol. The molecule has 0 saturated heterocycles. The zero-order valence-electron chi connectivity index (χ0n) is 11.9. The Balaban J connectivity index is 2.98. The van der Waals surface area contributed by atoms with Gasteiger partial charge in [0, 0.05) is 16.1 Å². The lowest BCUT2D eigenvalue weighted by atomic mass is 10.1. The number of aliphatic hydroxyl groups excluding tert-OH is 1. The molecule has 0 aliphatic heterocycles. The fourth-order valence-electron chi connectivity index (χ4n) is 1.87. The first kappa shape index (κ1) is 16.9. The minimum atomic E-state index is -0.828. The van der Waals surface area contributed by atoms with Gasteiger partial charge in [0.1, 0.15) is 0 Å². The Kier molecular flexibility index (Phi) is 6.42. The summed E-state index contributed by atoms with van der Waals surface area (Å²) in [7, 11) is 0. The van der Waals surface area contributed by atoms with Gasteiger partial charge in [-0.05, 0) is 31.7 Å². The number of halogens is 1. The van der Waals surface area contributed by atoms with Crippen LogP contribution < -0.4 is 4.74 Å². The SMILES string of the molecule is CC(C)CCCOc1c([C@H](C)O)cc(Br)cc1[N+](=O)[O-]. The van der Waals surface area contributed by atoms with Gasteiger partial charge >= 0.3 is 5.69 Å². The van der Waals surface area contributed by atoms with Crippen LogP contribution in [0, 0.1) is 16.0 Å². The van der Waals surface area contributed by atoms with Crippen LogP contribution in [0.15, 0.2) is 16.6 Å². The number of ether oxygens (including phenoxy) is 1. The summed E-state index contributed by atoms with van der Waals surface area (Å²) >= 11 is 3.21. The van der Waals surface area contributed by atoms with E-state index in [2.05, 4.69) is 29.8 Å². The van der Waals surface area contributed by atoms with E-state index >= 15 is 0 Å². The van der Waals surface area contributed by atoms with Crippen LogP contribution in [0.1, 0.15) is 45.3 Å². The van der Waals surface area contributed by atoms with Gasteiger partial charge in [-0.15, -0.1) is 0 Å². The number of hydrogen-bond acceptors (Lipinski definition) is 4. The number of nitro benzene ring substituents is 1. The Morgan fingerprint density at radius 3 is 2.55 bits per heavy atom. The molecule has 0 spiro atoms. The third-order valence-electron chi connectivity index (χ3n) is 2.88. The molecule has 0 aliphatic rings. The molecule has 1 aromatic carbocycles. The van der Waals surface area contributed by atoms with Gasteiger partial charge in [-0.1, -0.05) is 29.8 Å². The first-order chi connectivity index (χ1) is 9.32. The third kappa shape index (κ3) is 4.76. The lowest BCUT2D eigenvalue weighted by Crippen LogP contribution is -2.06. The van der Waals surface area contributed by atoms with E-state index < -0.39 is 11.0 Å². The van der Waals surface area contributed by atoms with Crippen LogP contribution in [-0.4, -0.2) is 16.6 Å². The molecule has 5 nitrogen and oxygen atoms in total. The number of rotatable bonds is 7. The molecule has 0 aromatic heterocycles. The van der Waals surface area contributed by atoms with Crippen LogP contribution in [0.2, 0.25) is 0 Å². The van der Waals surface area contributed by atoms with Gasteiger partial charge in [0.15, 0.2) is 0 Å². The van der Waals surface area contributed by atoms with E-state index in [1.165, 1.54) is 6.07 Å². The van der Waals surface area contributed by atoms with Crippen LogP contribution in [0.5, 0.6) is 5.75 Å². The summed E-state index contributed by atoms with van der Waals surface area (Å²) in [5.74, 6) is 0.728. The third-order valence-corrected chi connectivity index (χ3v) is 3.34. The average molecular weight is 346 g/mol. The molecule has 1 rings (SSSR count). The molecule has 0 radical (unpaired) electrons. The molecule has 0 fully saturated rings. The van der Waals surface area contributed by atoms with E-state index in [-0.39, 0.29) is 11.4 Å². The predicted octanol–water partition coefficient (Wildman–Crippen LogP) is 4.23. The fourth-order valence-corrected chi connectivity index (χ4v) is 2.33. The minimum absolute atomic E-state index is 0.125. The number of aliphatic hydroxyl groups is 1. The van der Waals surface area contributed by atoms with Crippen molar-refractivity contribution in [1.29, 1.82) is 0 Å². The molecule has 1 N–H and O–H groups in total. The van der Waals surface area contributed by atoms with Crippen molar-refractivity contribution in [1.82, 2.24) is 0 Å². The summed E-state index contributed by atoms with van der Waals surface area (Å²) in [4.78, 5) is 10.6. The van der Waals surface area contributed by atoms with Crippen LogP contribution in [0.3, 0.4) is 0 Å². The lowest BCUT2D eigenvalue weighted by molar-refractivity contribution is -0.386. The largest absolute Gasteiger partial charge is 0.487 e. The number of benzene rings is 1. The van der Waals surface area contributed by atoms with Crippen molar-refractivity contribution in [2.75, 3.05) is 6.61 Å². The number of nitrogens with zero attached hydrogens (tertiary/aromatic N) is 1. The van der Waals surface area contributed by atoms with E-state index in [4.69, 9.17) is 4.74 Å². The quantitative estimate of drug-likeness (QED) is 0.456. The molecule has 112 valence electrons. The molecule has 1 aromatic rings. The van der Waals surface area contributed by atoms with E-state index in [0.29, 0.717) is 22.6 Å². The molecule has 6 heteroatoms. The summed E-state index contributed by atoms with van der Waals surface area (Å²) in [5, 5.41) is 20.9. The molecule has 0 bridgehead atoms. The van der Waals surface area contributed by atoms with Crippen molar-refractivity contribution in [2.45, 2.75) is 39.7 Å². The Morgan fingerprint density at radius 1 is 1.40 bits per heavy atom. The maximum absolute atomic E-state index is 11.1.